The van der Waals surface area contributed by atoms with Gasteiger partial charge < -0.3 is 4.74 Å². The van der Waals surface area contributed by atoms with Gasteiger partial charge in [-0.25, -0.2) is 4.79 Å². The molecule has 1 aliphatic heterocycles. The van der Waals surface area contributed by atoms with Crippen LogP contribution in [0.15, 0.2) is 54.6 Å². The molecule has 2 aliphatic carbocycles. The van der Waals surface area contributed by atoms with E-state index in [1.165, 1.54) is 17.0 Å². The minimum atomic E-state index is -0.631. The number of esters is 1. The normalized spacial score (nSPS) is 25.4. The third-order valence-electron chi connectivity index (χ3n) is 6.86. The van der Waals surface area contributed by atoms with Crippen LogP contribution in [-0.4, -0.2) is 30.2 Å². The van der Waals surface area contributed by atoms with Crippen molar-refractivity contribution in [2.75, 3.05) is 11.5 Å². The monoisotopic (exact) mass is 429 g/mol. The van der Waals surface area contributed by atoms with Crippen molar-refractivity contribution >= 4 is 29.3 Å². The Labute approximate surface area is 185 Å². The largest absolute Gasteiger partial charge is 0.454 e. The van der Waals surface area contributed by atoms with Crippen molar-refractivity contribution in [2.45, 2.75) is 20.3 Å². The highest BCUT2D eigenvalue weighted by Crippen LogP contribution is 2.53. The van der Waals surface area contributed by atoms with E-state index in [0.29, 0.717) is 11.3 Å². The van der Waals surface area contributed by atoms with Gasteiger partial charge in [-0.1, -0.05) is 29.8 Å². The standard InChI is InChI=1S/C26H23NO5/c1-14-3-4-15(2)20(11-14)21(28)13-32-26(31)16-7-9-19(10-8-16)27-24(29)22-17-5-6-18(12-17)23(22)25(27)30/h3-11,17-18,22-23H,12-13H2,1-2H3. The summed E-state index contributed by atoms with van der Waals surface area (Å²) >= 11 is 0. The fraction of sp³-hybridized carbons (Fsp3) is 0.308. The molecule has 6 nitrogen and oxygen atoms in total. The van der Waals surface area contributed by atoms with Crippen LogP contribution in [0.3, 0.4) is 0 Å². The number of hydrogen-bond acceptors (Lipinski definition) is 5. The highest BCUT2D eigenvalue weighted by molar-refractivity contribution is 6.22. The molecule has 6 heteroatoms. The Morgan fingerprint density at radius 3 is 2.19 bits per heavy atom. The summed E-state index contributed by atoms with van der Waals surface area (Å²) < 4.78 is 5.20. The lowest BCUT2D eigenvalue weighted by Crippen LogP contribution is -2.32. The molecular formula is C26H23NO5. The van der Waals surface area contributed by atoms with Gasteiger partial charge in [0.2, 0.25) is 17.6 Å². The predicted molar refractivity (Wildman–Crippen MR) is 117 cm³/mol. The van der Waals surface area contributed by atoms with Crippen LogP contribution >= 0.6 is 0 Å². The minimum Gasteiger partial charge on any atom is -0.454 e. The zero-order chi connectivity index (χ0) is 22.6. The summed E-state index contributed by atoms with van der Waals surface area (Å²) in [5.74, 6) is -1.45. The number of amides is 2. The molecule has 0 spiro atoms. The smallest absolute Gasteiger partial charge is 0.338 e. The average Bonchev–Trinajstić information content (AvgIpc) is 3.47. The van der Waals surface area contributed by atoms with Crippen LogP contribution in [0.5, 0.6) is 0 Å². The Morgan fingerprint density at radius 1 is 0.938 bits per heavy atom. The van der Waals surface area contributed by atoms with Crippen LogP contribution in [0.1, 0.15) is 38.3 Å². The number of aryl methyl sites for hydroxylation is 2. The number of ketones is 1. The van der Waals surface area contributed by atoms with E-state index in [-0.39, 0.29) is 53.4 Å². The van der Waals surface area contributed by atoms with Crippen LogP contribution in [0.2, 0.25) is 0 Å². The lowest BCUT2D eigenvalue weighted by Gasteiger charge is -2.17. The molecule has 1 saturated carbocycles. The molecule has 0 aromatic heterocycles. The van der Waals surface area contributed by atoms with E-state index in [1.54, 1.807) is 18.2 Å². The van der Waals surface area contributed by atoms with Crippen molar-refractivity contribution in [1.29, 1.82) is 0 Å². The highest BCUT2D eigenvalue weighted by atomic mass is 16.5. The van der Waals surface area contributed by atoms with E-state index in [0.717, 1.165) is 17.5 Å². The Bertz CT molecular complexity index is 1150. The molecule has 1 heterocycles. The third-order valence-corrected chi connectivity index (χ3v) is 6.86. The molecule has 32 heavy (non-hydrogen) atoms. The van der Waals surface area contributed by atoms with Crippen molar-refractivity contribution in [2.24, 2.45) is 23.7 Å². The number of allylic oxidation sites excluding steroid dienone is 2. The minimum absolute atomic E-state index is 0.148. The zero-order valence-corrected chi connectivity index (χ0v) is 17.9. The molecule has 4 unspecified atom stereocenters. The number of imide groups is 1. The number of rotatable bonds is 5. The van der Waals surface area contributed by atoms with E-state index in [9.17, 15) is 19.2 Å². The Morgan fingerprint density at radius 2 is 1.56 bits per heavy atom. The maximum Gasteiger partial charge on any atom is 0.338 e. The molecule has 1 saturated heterocycles. The van der Waals surface area contributed by atoms with E-state index < -0.39 is 5.97 Å². The topological polar surface area (TPSA) is 80.8 Å². The first-order valence-corrected chi connectivity index (χ1v) is 10.8. The van der Waals surface area contributed by atoms with Crippen molar-refractivity contribution in [3.63, 3.8) is 0 Å². The number of ether oxygens (including phenoxy) is 1. The first-order valence-electron chi connectivity index (χ1n) is 10.8. The second-order valence-electron chi connectivity index (χ2n) is 8.88. The number of Topliss-reactive ketones (excluding diaryl/α,β-unsaturated/α-hetero) is 1. The number of nitrogens with zero attached hydrogens (tertiary/aromatic N) is 1. The highest BCUT2D eigenvalue weighted by Gasteiger charge is 2.59. The van der Waals surface area contributed by atoms with Gasteiger partial charge in [0.1, 0.15) is 0 Å². The summed E-state index contributed by atoms with van der Waals surface area (Å²) in [4.78, 5) is 51.9. The maximum absolute atomic E-state index is 12.9. The van der Waals surface area contributed by atoms with Gasteiger partial charge >= 0.3 is 5.97 Å². The molecular weight excluding hydrogens is 406 g/mol. The van der Waals surface area contributed by atoms with E-state index in [1.807, 2.05) is 26.0 Å². The number of benzene rings is 2. The van der Waals surface area contributed by atoms with Crippen molar-refractivity contribution in [1.82, 2.24) is 0 Å². The summed E-state index contributed by atoms with van der Waals surface area (Å²) in [7, 11) is 0. The van der Waals surface area contributed by atoms with Crippen molar-refractivity contribution in [3.05, 3.63) is 76.9 Å². The number of hydrogen-bond donors (Lipinski definition) is 0. The van der Waals surface area contributed by atoms with Gasteiger partial charge in [0.15, 0.2) is 6.61 Å². The van der Waals surface area contributed by atoms with E-state index >= 15 is 0 Å². The fourth-order valence-electron chi connectivity index (χ4n) is 5.23. The van der Waals surface area contributed by atoms with Gasteiger partial charge in [-0.2, -0.15) is 0 Å². The molecule has 0 N–H and O–H groups in total. The predicted octanol–water partition coefficient (Wildman–Crippen LogP) is 3.65. The van der Waals surface area contributed by atoms with Crippen LogP contribution in [-0.2, 0) is 14.3 Å². The Kier molecular flexibility index (Phi) is 4.81. The molecule has 162 valence electrons. The van der Waals surface area contributed by atoms with Crippen molar-refractivity contribution in [3.8, 4) is 0 Å². The quantitative estimate of drug-likeness (QED) is 0.314. The molecule has 5 rings (SSSR count). The van der Waals surface area contributed by atoms with Gasteiger partial charge in [-0.15, -0.1) is 0 Å². The van der Waals surface area contributed by atoms with Crippen LogP contribution < -0.4 is 4.90 Å². The molecule has 0 radical (unpaired) electrons. The van der Waals surface area contributed by atoms with Gasteiger partial charge in [0, 0.05) is 5.56 Å². The Hall–Kier alpha value is -3.54. The molecule has 2 fully saturated rings. The molecule has 2 amide bonds. The lowest BCUT2D eigenvalue weighted by atomic mass is 9.85. The summed E-state index contributed by atoms with van der Waals surface area (Å²) in [6, 6.07) is 11.7. The number of carbonyl (C=O) groups is 4. The lowest BCUT2D eigenvalue weighted by molar-refractivity contribution is -0.123. The van der Waals surface area contributed by atoms with Crippen LogP contribution in [0.25, 0.3) is 0 Å². The summed E-state index contributed by atoms with van der Waals surface area (Å²) in [6.07, 6.45) is 4.99. The fourth-order valence-corrected chi connectivity index (χ4v) is 5.23. The van der Waals surface area contributed by atoms with Crippen LogP contribution in [0.4, 0.5) is 5.69 Å². The molecule has 2 aromatic carbocycles. The van der Waals surface area contributed by atoms with Crippen LogP contribution in [0, 0.1) is 37.5 Å². The van der Waals surface area contributed by atoms with E-state index in [2.05, 4.69) is 12.2 Å². The third kappa shape index (κ3) is 3.18. The second kappa shape index (κ2) is 7.55. The first-order chi connectivity index (χ1) is 15.3. The summed E-state index contributed by atoms with van der Waals surface area (Å²) in [6.45, 7) is 3.38. The molecule has 3 aliphatic rings. The van der Waals surface area contributed by atoms with Gasteiger partial charge in [-0.3, -0.25) is 19.3 Å². The molecule has 2 aromatic rings. The summed E-state index contributed by atoms with van der Waals surface area (Å²) in [5, 5.41) is 0. The number of carbonyl (C=O) groups excluding carboxylic acids is 4. The average molecular weight is 429 g/mol. The van der Waals surface area contributed by atoms with Crippen molar-refractivity contribution < 1.29 is 23.9 Å². The zero-order valence-electron chi connectivity index (χ0n) is 17.9. The van der Waals surface area contributed by atoms with Gasteiger partial charge in [0.05, 0.1) is 23.1 Å². The number of fused-ring (bicyclic) bond motifs is 5. The summed E-state index contributed by atoms with van der Waals surface area (Å²) in [5.41, 5.74) is 3.03. The van der Waals surface area contributed by atoms with Gasteiger partial charge in [-0.05, 0) is 68.0 Å². The SMILES string of the molecule is Cc1ccc(C)c(C(=O)COC(=O)c2ccc(N3C(=O)C4C5C=CC(C5)C4C3=O)cc2)c1. The second-order valence-corrected chi connectivity index (χ2v) is 8.88. The number of anilines is 1. The Balaban J connectivity index is 1.25. The maximum atomic E-state index is 12.9. The van der Waals surface area contributed by atoms with E-state index in [4.69, 9.17) is 4.74 Å². The first kappa shape index (κ1) is 20.4. The molecule has 2 bridgehead atoms. The van der Waals surface area contributed by atoms with Gasteiger partial charge in [0.25, 0.3) is 0 Å². The molecule has 4 atom stereocenters.